The highest BCUT2D eigenvalue weighted by Gasteiger charge is 2.19. The Labute approximate surface area is 164 Å². The van der Waals surface area contributed by atoms with Crippen molar-refractivity contribution in [3.63, 3.8) is 0 Å². The van der Waals surface area contributed by atoms with Crippen molar-refractivity contribution in [1.29, 1.82) is 0 Å². The van der Waals surface area contributed by atoms with Crippen molar-refractivity contribution >= 4 is 11.7 Å². The molecule has 1 aliphatic rings. The summed E-state index contributed by atoms with van der Waals surface area (Å²) in [6.07, 6.45) is 5.61. The lowest BCUT2D eigenvalue weighted by Gasteiger charge is -2.16. The normalized spacial score (nSPS) is 15.5. The van der Waals surface area contributed by atoms with Gasteiger partial charge >= 0.3 is 5.97 Å². The van der Waals surface area contributed by atoms with Crippen molar-refractivity contribution in [2.24, 2.45) is 0 Å². The number of aliphatic carboxylic acids is 1. The molecule has 0 saturated heterocycles. The zero-order valence-corrected chi connectivity index (χ0v) is 16.2. The zero-order chi connectivity index (χ0) is 20.1. The van der Waals surface area contributed by atoms with Crippen LogP contribution in [0.1, 0.15) is 63.4 Å². The average Bonchev–Trinajstić information content (AvgIpc) is 3.14. The molecule has 28 heavy (non-hydrogen) atoms. The summed E-state index contributed by atoms with van der Waals surface area (Å²) in [5.41, 5.74) is 2.28. The van der Waals surface area contributed by atoms with E-state index in [0.717, 1.165) is 24.1 Å². The maximum Gasteiger partial charge on any atom is 0.303 e. The van der Waals surface area contributed by atoms with Gasteiger partial charge in [0.15, 0.2) is 0 Å². The number of rotatable bonds is 8. The fourth-order valence-corrected chi connectivity index (χ4v) is 4.02. The van der Waals surface area contributed by atoms with Gasteiger partial charge in [-0.3, -0.25) is 4.79 Å². The maximum atomic E-state index is 14.7. The van der Waals surface area contributed by atoms with Crippen LogP contribution in [0.4, 0.5) is 14.5 Å². The maximum absolute atomic E-state index is 14.7. The van der Waals surface area contributed by atoms with Crippen molar-refractivity contribution < 1.29 is 18.7 Å². The van der Waals surface area contributed by atoms with Crippen LogP contribution in [0, 0.1) is 11.6 Å². The third kappa shape index (κ3) is 5.09. The Hall–Kier alpha value is -2.43. The average molecular weight is 387 g/mol. The van der Waals surface area contributed by atoms with E-state index in [1.165, 1.54) is 25.0 Å². The van der Waals surface area contributed by atoms with Gasteiger partial charge in [0.25, 0.3) is 0 Å². The van der Waals surface area contributed by atoms with Crippen molar-refractivity contribution in [1.82, 2.24) is 0 Å². The third-order valence-electron chi connectivity index (χ3n) is 5.52. The summed E-state index contributed by atoms with van der Waals surface area (Å²) in [5.74, 6) is -2.42. The summed E-state index contributed by atoms with van der Waals surface area (Å²) in [6, 6.07) is 10.9. The quantitative estimate of drug-likeness (QED) is 0.555. The number of anilines is 1. The molecule has 5 heteroatoms. The molecule has 150 valence electrons. The molecule has 0 aliphatic heterocycles. The lowest BCUT2D eigenvalue weighted by Crippen LogP contribution is -2.14. The van der Waals surface area contributed by atoms with E-state index < -0.39 is 17.6 Å². The zero-order valence-electron chi connectivity index (χ0n) is 16.2. The van der Waals surface area contributed by atoms with E-state index in [4.69, 9.17) is 5.11 Å². The van der Waals surface area contributed by atoms with Crippen LogP contribution in [0.25, 0.3) is 11.1 Å². The monoisotopic (exact) mass is 387 g/mol. The lowest BCUT2D eigenvalue weighted by atomic mass is 9.92. The molecule has 0 spiro atoms. The van der Waals surface area contributed by atoms with Crippen LogP contribution in [0.15, 0.2) is 36.4 Å². The van der Waals surface area contributed by atoms with Gasteiger partial charge in [0.2, 0.25) is 0 Å². The lowest BCUT2D eigenvalue weighted by molar-refractivity contribution is -0.137. The Bertz CT molecular complexity index is 808. The van der Waals surface area contributed by atoms with Gasteiger partial charge in [-0.1, -0.05) is 31.9 Å². The molecule has 0 amide bonds. The SMILES string of the molecule is CC(CCCC(=O)O)c1c(F)cc(-c2cccc(NC3CCCC3)c2)cc1F. The van der Waals surface area contributed by atoms with E-state index in [-0.39, 0.29) is 17.9 Å². The first-order valence-electron chi connectivity index (χ1n) is 10.0. The summed E-state index contributed by atoms with van der Waals surface area (Å²) in [6.45, 7) is 1.73. The highest BCUT2D eigenvalue weighted by atomic mass is 19.1. The minimum absolute atomic E-state index is 0.00640. The number of nitrogens with one attached hydrogen (secondary N) is 1. The van der Waals surface area contributed by atoms with E-state index in [1.54, 1.807) is 6.92 Å². The van der Waals surface area contributed by atoms with Gasteiger partial charge in [-0.05, 0) is 67.0 Å². The van der Waals surface area contributed by atoms with Gasteiger partial charge in [-0.25, -0.2) is 8.78 Å². The molecule has 3 nitrogen and oxygen atoms in total. The minimum Gasteiger partial charge on any atom is -0.481 e. The number of halogens is 2. The highest BCUT2D eigenvalue weighted by molar-refractivity contribution is 5.69. The molecule has 2 aromatic carbocycles. The summed E-state index contributed by atoms with van der Waals surface area (Å²) in [5, 5.41) is 12.2. The summed E-state index contributed by atoms with van der Waals surface area (Å²) < 4.78 is 29.4. The molecule has 2 aromatic rings. The molecule has 1 saturated carbocycles. The van der Waals surface area contributed by atoms with Gasteiger partial charge in [0.1, 0.15) is 11.6 Å². The Morgan fingerprint density at radius 2 is 1.82 bits per heavy atom. The molecule has 3 rings (SSSR count). The second-order valence-corrected chi connectivity index (χ2v) is 7.75. The van der Waals surface area contributed by atoms with E-state index in [0.29, 0.717) is 24.4 Å². The molecule has 0 radical (unpaired) electrons. The third-order valence-corrected chi connectivity index (χ3v) is 5.52. The largest absolute Gasteiger partial charge is 0.481 e. The fraction of sp³-hybridized carbons (Fsp3) is 0.435. The molecule has 1 atom stereocenters. The summed E-state index contributed by atoms with van der Waals surface area (Å²) >= 11 is 0. The van der Waals surface area contributed by atoms with Crippen LogP contribution in [0.2, 0.25) is 0 Å². The predicted octanol–water partition coefficient (Wildman–Crippen LogP) is 6.34. The van der Waals surface area contributed by atoms with Gasteiger partial charge < -0.3 is 10.4 Å². The van der Waals surface area contributed by atoms with Crippen molar-refractivity contribution in [2.45, 2.75) is 63.8 Å². The van der Waals surface area contributed by atoms with Crippen molar-refractivity contribution in [2.75, 3.05) is 5.32 Å². The number of hydrogen-bond acceptors (Lipinski definition) is 2. The van der Waals surface area contributed by atoms with E-state index in [1.807, 2.05) is 24.3 Å². The number of carbonyl (C=O) groups is 1. The Balaban J connectivity index is 1.77. The second-order valence-electron chi connectivity index (χ2n) is 7.75. The first kappa shape index (κ1) is 20.3. The number of carboxylic acid groups (broad SMARTS) is 1. The van der Waals surface area contributed by atoms with Gasteiger partial charge in [-0.15, -0.1) is 0 Å². The molecular weight excluding hydrogens is 360 g/mol. The van der Waals surface area contributed by atoms with Crippen LogP contribution in [-0.2, 0) is 4.79 Å². The summed E-state index contributed by atoms with van der Waals surface area (Å²) in [7, 11) is 0. The molecule has 0 aromatic heterocycles. The molecule has 0 heterocycles. The molecule has 1 aliphatic carbocycles. The van der Waals surface area contributed by atoms with E-state index in [2.05, 4.69) is 5.32 Å². The van der Waals surface area contributed by atoms with E-state index in [9.17, 15) is 13.6 Å². The van der Waals surface area contributed by atoms with Gasteiger partial charge in [-0.2, -0.15) is 0 Å². The Morgan fingerprint density at radius 1 is 1.14 bits per heavy atom. The van der Waals surface area contributed by atoms with Crippen molar-refractivity contribution in [3.05, 3.63) is 53.6 Å². The van der Waals surface area contributed by atoms with Gasteiger partial charge in [0, 0.05) is 23.7 Å². The van der Waals surface area contributed by atoms with Crippen LogP contribution in [0.5, 0.6) is 0 Å². The molecule has 2 N–H and O–H groups in total. The Morgan fingerprint density at radius 3 is 2.46 bits per heavy atom. The highest BCUT2D eigenvalue weighted by Crippen LogP contribution is 2.32. The molecule has 0 bridgehead atoms. The molecule has 1 fully saturated rings. The molecular formula is C23H27F2NO2. The second kappa shape index (κ2) is 9.18. The summed E-state index contributed by atoms with van der Waals surface area (Å²) in [4.78, 5) is 10.6. The van der Waals surface area contributed by atoms with Crippen LogP contribution in [-0.4, -0.2) is 17.1 Å². The standard InChI is InChI=1S/C23H27F2NO2/c1-15(6-4-11-22(27)28)23-20(24)13-17(14-21(23)25)16-7-5-10-19(12-16)26-18-8-2-3-9-18/h5,7,10,12-15,18,26H,2-4,6,8-9,11H2,1H3,(H,27,28). The van der Waals surface area contributed by atoms with Crippen LogP contribution < -0.4 is 5.32 Å². The molecule has 1 unspecified atom stereocenters. The fourth-order valence-electron chi connectivity index (χ4n) is 4.02. The predicted molar refractivity (Wildman–Crippen MR) is 108 cm³/mol. The Kier molecular flexibility index (Phi) is 6.65. The first-order valence-corrected chi connectivity index (χ1v) is 10.0. The number of carboxylic acids is 1. The van der Waals surface area contributed by atoms with Crippen molar-refractivity contribution in [3.8, 4) is 11.1 Å². The van der Waals surface area contributed by atoms with Crippen LogP contribution >= 0.6 is 0 Å². The number of hydrogen-bond donors (Lipinski definition) is 2. The number of benzene rings is 2. The topological polar surface area (TPSA) is 49.3 Å². The van der Waals surface area contributed by atoms with E-state index >= 15 is 0 Å². The first-order chi connectivity index (χ1) is 13.4. The minimum atomic E-state index is -0.894. The van der Waals surface area contributed by atoms with Gasteiger partial charge in [0.05, 0.1) is 0 Å². The van der Waals surface area contributed by atoms with Crippen LogP contribution in [0.3, 0.4) is 0 Å². The smallest absolute Gasteiger partial charge is 0.303 e.